The third-order valence-corrected chi connectivity index (χ3v) is 7.09. The molecule has 2 amide bonds. The van der Waals surface area contributed by atoms with E-state index in [2.05, 4.69) is 12.2 Å². The molecule has 0 spiro atoms. The molecule has 1 saturated heterocycles. The second-order valence-electron chi connectivity index (χ2n) is 8.06. The van der Waals surface area contributed by atoms with Crippen LogP contribution in [0.1, 0.15) is 61.3 Å². The van der Waals surface area contributed by atoms with Gasteiger partial charge < -0.3 is 24.4 Å². The molecule has 1 aromatic carbocycles. The Kier molecular flexibility index (Phi) is 7.18. The van der Waals surface area contributed by atoms with E-state index in [0.29, 0.717) is 30.2 Å². The molecule has 30 heavy (non-hydrogen) atoms. The van der Waals surface area contributed by atoms with Gasteiger partial charge in [-0.25, -0.2) is 0 Å². The van der Waals surface area contributed by atoms with Crippen LogP contribution in [-0.4, -0.2) is 61.5 Å². The average molecular weight is 437 g/mol. The zero-order valence-corrected chi connectivity index (χ0v) is 19.3. The van der Waals surface area contributed by atoms with E-state index in [1.54, 1.807) is 23.8 Å². The lowest BCUT2D eigenvalue weighted by atomic mass is 10.0. The molecule has 0 aromatic heterocycles. The molecule has 3 rings (SSSR count). The van der Waals surface area contributed by atoms with Crippen molar-refractivity contribution >= 4 is 23.6 Å². The Bertz CT molecular complexity index is 798. The SMILES string of the molecule is CCCCOCCCNC(=O)[C@H]1N2C(=O)c3c(ccc(OC)c3OC)[C@H]2SC1(C)C. The maximum atomic E-state index is 13.4. The molecule has 2 atom stereocenters. The Balaban J connectivity index is 1.73. The molecule has 1 aromatic rings. The summed E-state index contributed by atoms with van der Waals surface area (Å²) < 4.78 is 16.0. The summed E-state index contributed by atoms with van der Waals surface area (Å²) in [5, 5.41) is 2.79. The number of fused-ring (bicyclic) bond motifs is 3. The molecular weight excluding hydrogens is 404 g/mol. The summed E-state index contributed by atoms with van der Waals surface area (Å²) in [5.41, 5.74) is 1.36. The van der Waals surface area contributed by atoms with Gasteiger partial charge in [-0.1, -0.05) is 19.4 Å². The fourth-order valence-electron chi connectivity index (χ4n) is 4.09. The summed E-state index contributed by atoms with van der Waals surface area (Å²) in [4.78, 5) is 28.2. The molecule has 0 radical (unpaired) electrons. The van der Waals surface area contributed by atoms with Gasteiger partial charge >= 0.3 is 0 Å². The van der Waals surface area contributed by atoms with Crippen LogP contribution < -0.4 is 14.8 Å². The van der Waals surface area contributed by atoms with Crippen LogP contribution in [0.15, 0.2) is 12.1 Å². The van der Waals surface area contributed by atoms with Gasteiger partial charge in [0.25, 0.3) is 5.91 Å². The van der Waals surface area contributed by atoms with Gasteiger partial charge in [0.05, 0.1) is 19.8 Å². The monoisotopic (exact) mass is 436 g/mol. The number of unbranched alkanes of at least 4 members (excludes halogenated alkanes) is 1. The first kappa shape index (κ1) is 22.7. The van der Waals surface area contributed by atoms with Crippen LogP contribution in [-0.2, 0) is 9.53 Å². The van der Waals surface area contributed by atoms with Crippen molar-refractivity contribution in [2.75, 3.05) is 34.0 Å². The van der Waals surface area contributed by atoms with Gasteiger partial charge in [0, 0.05) is 30.1 Å². The number of nitrogens with zero attached hydrogens (tertiary/aromatic N) is 1. The summed E-state index contributed by atoms with van der Waals surface area (Å²) >= 11 is 1.63. The lowest BCUT2D eigenvalue weighted by Crippen LogP contribution is -2.52. The Hall–Kier alpha value is -1.93. The summed E-state index contributed by atoms with van der Waals surface area (Å²) in [5.74, 6) is 0.623. The molecule has 1 fully saturated rings. The first-order valence-corrected chi connectivity index (χ1v) is 11.4. The summed E-state index contributed by atoms with van der Waals surface area (Å²) in [7, 11) is 3.07. The van der Waals surface area contributed by atoms with E-state index in [0.717, 1.165) is 31.4 Å². The van der Waals surface area contributed by atoms with Crippen LogP contribution >= 0.6 is 11.8 Å². The van der Waals surface area contributed by atoms with E-state index in [1.807, 2.05) is 26.0 Å². The molecule has 2 heterocycles. The van der Waals surface area contributed by atoms with Crippen LogP contribution in [0.3, 0.4) is 0 Å². The number of amides is 2. The highest BCUT2D eigenvalue weighted by molar-refractivity contribution is 8.01. The predicted molar refractivity (Wildman–Crippen MR) is 117 cm³/mol. The Morgan fingerprint density at radius 2 is 1.93 bits per heavy atom. The van der Waals surface area contributed by atoms with E-state index in [1.165, 1.54) is 7.11 Å². The van der Waals surface area contributed by atoms with Gasteiger partial charge in [-0.2, -0.15) is 0 Å². The highest BCUT2D eigenvalue weighted by Gasteiger charge is 2.58. The molecule has 2 aliphatic rings. The smallest absolute Gasteiger partial charge is 0.260 e. The number of thioether (sulfide) groups is 1. The van der Waals surface area contributed by atoms with Crippen molar-refractivity contribution in [1.82, 2.24) is 10.2 Å². The van der Waals surface area contributed by atoms with Crippen molar-refractivity contribution in [2.24, 2.45) is 0 Å². The van der Waals surface area contributed by atoms with Gasteiger partial charge in [-0.15, -0.1) is 11.8 Å². The quantitative estimate of drug-likeness (QED) is 0.567. The van der Waals surface area contributed by atoms with Crippen LogP contribution in [0.2, 0.25) is 0 Å². The molecular formula is C22H32N2O5S. The van der Waals surface area contributed by atoms with Crippen LogP contribution in [0.5, 0.6) is 11.5 Å². The van der Waals surface area contributed by atoms with E-state index in [4.69, 9.17) is 14.2 Å². The third-order valence-electron chi connectivity index (χ3n) is 5.55. The third kappa shape index (κ3) is 4.12. The zero-order valence-electron chi connectivity index (χ0n) is 18.4. The second-order valence-corrected chi connectivity index (χ2v) is 9.80. The van der Waals surface area contributed by atoms with E-state index < -0.39 is 10.8 Å². The standard InChI is InChI=1S/C22H32N2O5S/c1-6-7-12-29-13-8-11-23-19(25)18-22(2,3)30-21-14-9-10-15(27-4)17(28-5)16(14)20(26)24(18)21/h9-10,18,21H,6-8,11-13H2,1-5H3,(H,23,25)/t18-,21-/m1/s1. The minimum absolute atomic E-state index is 0.129. The van der Waals surface area contributed by atoms with E-state index in [9.17, 15) is 9.59 Å². The lowest BCUT2D eigenvalue weighted by Gasteiger charge is -2.29. The maximum Gasteiger partial charge on any atom is 0.260 e. The van der Waals surface area contributed by atoms with E-state index >= 15 is 0 Å². The molecule has 2 aliphatic heterocycles. The number of carbonyl (C=O) groups excluding carboxylic acids is 2. The fourth-order valence-corrected chi connectivity index (χ4v) is 5.67. The molecule has 0 aliphatic carbocycles. The minimum Gasteiger partial charge on any atom is -0.493 e. The molecule has 0 bridgehead atoms. The minimum atomic E-state index is -0.566. The second kappa shape index (κ2) is 9.47. The normalized spacial score (nSPS) is 21.4. The zero-order chi connectivity index (χ0) is 21.9. The Morgan fingerprint density at radius 3 is 2.60 bits per heavy atom. The van der Waals surface area contributed by atoms with Gasteiger partial charge in [-0.3, -0.25) is 9.59 Å². The van der Waals surface area contributed by atoms with Gasteiger partial charge in [0.2, 0.25) is 5.91 Å². The molecule has 7 nitrogen and oxygen atoms in total. The molecule has 8 heteroatoms. The van der Waals surface area contributed by atoms with Crippen LogP contribution in [0.25, 0.3) is 0 Å². The molecule has 0 unspecified atom stereocenters. The summed E-state index contributed by atoms with van der Waals surface area (Å²) in [6.07, 6.45) is 2.90. The van der Waals surface area contributed by atoms with Gasteiger partial charge in [0.15, 0.2) is 11.5 Å². The lowest BCUT2D eigenvalue weighted by molar-refractivity contribution is -0.126. The first-order valence-electron chi connectivity index (χ1n) is 10.5. The number of ether oxygens (including phenoxy) is 3. The Labute approximate surface area is 182 Å². The van der Waals surface area contributed by atoms with Gasteiger partial charge in [-0.05, 0) is 32.8 Å². The van der Waals surface area contributed by atoms with Crippen molar-refractivity contribution in [3.63, 3.8) is 0 Å². The number of hydrogen-bond donors (Lipinski definition) is 1. The largest absolute Gasteiger partial charge is 0.493 e. The van der Waals surface area contributed by atoms with E-state index in [-0.39, 0.29) is 17.2 Å². The van der Waals surface area contributed by atoms with Crippen LogP contribution in [0, 0.1) is 0 Å². The number of carbonyl (C=O) groups is 2. The van der Waals surface area contributed by atoms with Crippen molar-refractivity contribution in [3.05, 3.63) is 23.3 Å². The highest BCUT2D eigenvalue weighted by Crippen LogP contribution is 2.58. The number of methoxy groups -OCH3 is 2. The average Bonchev–Trinajstić information content (AvgIpc) is 3.15. The maximum absolute atomic E-state index is 13.4. The predicted octanol–water partition coefficient (Wildman–Crippen LogP) is 3.38. The number of benzene rings is 1. The van der Waals surface area contributed by atoms with Crippen molar-refractivity contribution in [1.29, 1.82) is 0 Å². The van der Waals surface area contributed by atoms with Crippen molar-refractivity contribution in [3.8, 4) is 11.5 Å². The molecule has 1 N–H and O–H groups in total. The van der Waals surface area contributed by atoms with Crippen LogP contribution in [0.4, 0.5) is 0 Å². The van der Waals surface area contributed by atoms with Crippen molar-refractivity contribution in [2.45, 2.75) is 56.2 Å². The van der Waals surface area contributed by atoms with Crippen molar-refractivity contribution < 1.29 is 23.8 Å². The Morgan fingerprint density at radius 1 is 1.20 bits per heavy atom. The first-order chi connectivity index (χ1) is 14.4. The number of rotatable bonds is 10. The number of nitrogens with one attached hydrogen (secondary N) is 1. The van der Waals surface area contributed by atoms with Gasteiger partial charge in [0.1, 0.15) is 11.4 Å². The topological polar surface area (TPSA) is 77.1 Å². The summed E-state index contributed by atoms with van der Waals surface area (Å²) in [6.45, 7) is 8.06. The summed E-state index contributed by atoms with van der Waals surface area (Å²) in [6, 6.07) is 3.15. The highest BCUT2D eigenvalue weighted by atomic mass is 32.2. The fraction of sp³-hybridized carbons (Fsp3) is 0.636. The molecule has 166 valence electrons. The number of hydrogen-bond acceptors (Lipinski definition) is 6. The molecule has 0 saturated carbocycles.